The largest absolute Gasteiger partial charge is 0.497 e. The van der Waals surface area contributed by atoms with Gasteiger partial charge in [0.15, 0.2) is 17.3 Å². The summed E-state index contributed by atoms with van der Waals surface area (Å²) in [5, 5.41) is 2.75. The number of ketones is 1. The summed E-state index contributed by atoms with van der Waals surface area (Å²) in [6.07, 6.45) is 0.205. The minimum atomic E-state index is -0.223. The van der Waals surface area contributed by atoms with Gasteiger partial charge in [0.2, 0.25) is 5.91 Å². The number of carbonyl (C=O) groups is 2. The number of carbonyl (C=O) groups excluding carboxylic acids is 2. The molecule has 2 aromatic carbocycles. The molecule has 0 atom stereocenters. The Kier molecular flexibility index (Phi) is 6.39. The third kappa shape index (κ3) is 4.97. The lowest BCUT2D eigenvalue weighted by atomic mass is 10.1. The van der Waals surface area contributed by atoms with Crippen molar-refractivity contribution in [2.24, 2.45) is 0 Å². The summed E-state index contributed by atoms with van der Waals surface area (Å²) in [6, 6.07) is 11.9. The van der Waals surface area contributed by atoms with Crippen LogP contribution in [0.4, 0.5) is 5.69 Å². The van der Waals surface area contributed by atoms with Crippen molar-refractivity contribution in [2.75, 3.05) is 26.6 Å². The monoisotopic (exact) mass is 343 g/mol. The van der Waals surface area contributed by atoms with Crippen LogP contribution in [0.1, 0.15) is 23.2 Å². The average Bonchev–Trinajstić information content (AvgIpc) is 2.66. The highest BCUT2D eigenvalue weighted by Gasteiger charge is 2.13. The van der Waals surface area contributed by atoms with Gasteiger partial charge in [-0.05, 0) is 42.5 Å². The Hall–Kier alpha value is -3.02. The van der Waals surface area contributed by atoms with E-state index in [1.54, 1.807) is 49.6 Å². The van der Waals surface area contributed by atoms with E-state index in [1.165, 1.54) is 14.2 Å². The summed E-state index contributed by atoms with van der Waals surface area (Å²) < 4.78 is 15.4. The van der Waals surface area contributed by atoms with Crippen LogP contribution in [0.25, 0.3) is 0 Å². The summed E-state index contributed by atoms with van der Waals surface area (Å²) in [6.45, 7) is 0. The van der Waals surface area contributed by atoms with Crippen LogP contribution in [-0.4, -0.2) is 33.0 Å². The van der Waals surface area contributed by atoms with E-state index in [1.807, 2.05) is 0 Å². The van der Waals surface area contributed by atoms with Crippen molar-refractivity contribution in [1.82, 2.24) is 0 Å². The standard InChI is InChI=1S/C19H21NO5/c1-23-15-7-5-14(6-8-15)20-19(22)11-9-16(21)13-4-10-17(24-2)18(12-13)25-3/h4-8,10,12H,9,11H2,1-3H3,(H,20,22). The molecule has 25 heavy (non-hydrogen) atoms. The lowest BCUT2D eigenvalue weighted by Gasteiger charge is -2.09. The first-order valence-corrected chi connectivity index (χ1v) is 7.76. The highest BCUT2D eigenvalue weighted by Crippen LogP contribution is 2.28. The van der Waals surface area contributed by atoms with Crippen molar-refractivity contribution in [3.8, 4) is 17.2 Å². The minimum absolute atomic E-state index is 0.0964. The number of rotatable bonds is 8. The fourth-order valence-electron chi connectivity index (χ4n) is 2.28. The van der Waals surface area contributed by atoms with Gasteiger partial charge in [0, 0.05) is 24.1 Å². The summed E-state index contributed by atoms with van der Waals surface area (Å²) in [4.78, 5) is 24.2. The quantitative estimate of drug-likeness (QED) is 0.744. The van der Waals surface area contributed by atoms with E-state index in [4.69, 9.17) is 14.2 Å². The first-order valence-electron chi connectivity index (χ1n) is 7.76. The van der Waals surface area contributed by atoms with Crippen LogP contribution in [-0.2, 0) is 4.79 Å². The van der Waals surface area contributed by atoms with Gasteiger partial charge < -0.3 is 19.5 Å². The van der Waals surface area contributed by atoms with E-state index in [9.17, 15) is 9.59 Å². The maximum Gasteiger partial charge on any atom is 0.224 e. The number of anilines is 1. The van der Waals surface area contributed by atoms with Crippen LogP contribution in [0.5, 0.6) is 17.2 Å². The Morgan fingerprint density at radius 2 is 1.52 bits per heavy atom. The summed E-state index contributed by atoms with van der Waals surface area (Å²) in [5.41, 5.74) is 1.14. The van der Waals surface area contributed by atoms with Crippen molar-refractivity contribution in [3.05, 3.63) is 48.0 Å². The molecule has 2 aromatic rings. The van der Waals surface area contributed by atoms with Gasteiger partial charge in [0.05, 0.1) is 21.3 Å². The number of benzene rings is 2. The summed E-state index contributed by atoms with van der Waals surface area (Å²) in [5.74, 6) is 1.39. The Bertz CT molecular complexity index is 740. The van der Waals surface area contributed by atoms with E-state index >= 15 is 0 Å². The zero-order chi connectivity index (χ0) is 18.2. The fraction of sp³-hybridized carbons (Fsp3) is 0.263. The molecular weight excluding hydrogens is 322 g/mol. The average molecular weight is 343 g/mol. The molecule has 0 saturated carbocycles. The molecule has 0 fully saturated rings. The molecule has 0 spiro atoms. The van der Waals surface area contributed by atoms with Gasteiger partial charge in [0.25, 0.3) is 0 Å². The molecule has 0 aliphatic heterocycles. The number of amides is 1. The second-order valence-electron chi connectivity index (χ2n) is 5.27. The van der Waals surface area contributed by atoms with E-state index in [-0.39, 0.29) is 24.5 Å². The first-order chi connectivity index (χ1) is 12.1. The third-order valence-electron chi connectivity index (χ3n) is 3.66. The van der Waals surface area contributed by atoms with Crippen LogP contribution in [0.3, 0.4) is 0 Å². The molecule has 0 heterocycles. The maximum atomic E-state index is 12.3. The second kappa shape index (κ2) is 8.73. The van der Waals surface area contributed by atoms with Crippen molar-refractivity contribution in [3.63, 3.8) is 0 Å². The van der Waals surface area contributed by atoms with E-state index in [2.05, 4.69) is 5.32 Å². The molecule has 6 nitrogen and oxygen atoms in total. The zero-order valence-corrected chi connectivity index (χ0v) is 14.5. The Morgan fingerprint density at radius 1 is 0.840 bits per heavy atom. The number of hydrogen-bond donors (Lipinski definition) is 1. The Labute approximate surface area is 146 Å². The number of Topliss-reactive ketones (excluding diaryl/α,β-unsaturated/α-hetero) is 1. The molecule has 6 heteroatoms. The smallest absolute Gasteiger partial charge is 0.224 e. The molecule has 1 N–H and O–H groups in total. The molecular formula is C19H21NO5. The van der Waals surface area contributed by atoms with E-state index in [0.717, 1.165) is 0 Å². The minimum Gasteiger partial charge on any atom is -0.497 e. The molecule has 0 bridgehead atoms. The highest BCUT2D eigenvalue weighted by molar-refractivity contribution is 6.00. The Morgan fingerprint density at radius 3 is 2.12 bits per heavy atom. The maximum absolute atomic E-state index is 12.3. The topological polar surface area (TPSA) is 73.9 Å². The molecule has 0 aromatic heterocycles. The predicted octanol–water partition coefficient (Wildman–Crippen LogP) is 3.31. The molecule has 0 aliphatic rings. The number of ether oxygens (including phenoxy) is 3. The third-order valence-corrected chi connectivity index (χ3v) is 3.66. The lowest BCUT2D eigenvalue weighted by Crippen LogP contribution is -2.13. The van der Waals surface area contributed by atoms with Crippen molar-refractivity contribution in [1.29, 1.82) is 0 Å². The van der Waals surface area contributed by atoms with Crippen LogP contribution in [0.15, 0.2) is 42.5 Å². The highest BCUT2D eigenvalue weighted by atomic mass is 16.5. The molecule has 0 aliphatic carbocycles. The Balaban J connectivity index is 1.91. The van der Waals surface area contributed by atoms with Gasteiger partial charge in [-0.2, -0.15) is 0 Å². The molecule has 132 valence electrons. The van der Waals surface area contributed by atoms with Gasteiger partial charge in [0.1, 0.15) is 5.75 Å². The van der Waals surface area contributed by atoms with Crippen molar-refractivity contribution < 1.29 is 23.8 Å². The van der Waals surface area contributed by atoms with Gasteiger partial charge in [-0.25, -0.2) is 0 Å². The number of nitrogens with one attached hydrogen (secondary N) is 1. The van der Waals surface area contributed by atoms with Gasteiger partial charge in [-0.3, -0.25) is 9.59 Å². The SMILES string of the molecule is COc1ccc(NC(=O)CCC(=O)c2ccc(OC)c(OC)c2)cc1. The first kappa shape index (κ1) is 18.3. The van der Waals surface area contributed by atoms with E-state index in [0.29, 0.717) is 28.5 Å². The second-order valence-corrected chi connectivity index (χ2v) is 5.27. The van der Waals surface area contributed by atoms with Crippen molar-refractivity contribution in [2.45, 2.75) is 12.8 Å². The van der Waals surface area contributed by atoms with Crippen molar-refractivity contribution >= 4 is 17.4 Å². The number of methoxy groups -OCH3 is 3. The van der Waals surface area contributed by atoms with Crippen LogP contribution in [0.2, 0.25) is 0 Å². The van der Waals surface area contributed by atoms with Crippen LogP contribution in [0, 0.1) is 0 Å². The van der Waals surface area contributed by atoms with E-state index < -0.39 is 0 Å². The van der Waals surface area contributed by atoms with Crippen LogP contribution >= 0.6 is 0 Å². The molecule has 0 saturated heterocycles. The normalized spacial score (nSPS) is 10.0. The predicted molar refractivity (Wildman–Crippen MR) is 94.7 cm³/mol. The fourth-order valence-corrected chi connectivity index (χ4v) is 2.28. The molecule has 2 rings (SSSR count). The van der Waals surface area contributed by atoms with Gasteiger partial charge in [-0.15, -0.1) is 0 Å². The van der Waals surface area contributed by atoms with Gasteiger partial charge in [-0.1, -0.05) is 0 Å². The zero-order valence-electron chi connectivity index (χ0n) is 14.5. The molecule has 1 amide bonds. The molecule has 0 unspecified atom stereocenters. The van der Waals surface area contributed by atoms with Crippen LogP contribution < -0.4 is 19.5 Å². The van der Waals surface area contributed by atoms with Gasteiger partial charge >= 0.3 is 0 Å². The number of hydrogen-bond acceptors (Lipinski definition) is 5. The molecule has 0 radical (unpaired) electrons. The summed E-state index contributed by atoms with van der Waals surface area (Å²) in [7, 11) is 4.62. The lowest BCUT2D eigenvalue weighted by molar-refractivity contribution is -0.116. The summed E-state index contributed by atoms with van der Waals surface area (Å²) >= 11 is 0.